The zero-order chi connectivity index (χ0) is 11.5. The van der Waals surface area contributed by atoms with Crippen molar-refractivity contribution in [1.29, 1.82) is 0 Å². The van der Waals surface area contributed by atoms with Crippen molar-refractivity contribution in [3.63, 3.8) is 0 Å². The minimum absolute atomic E-state index is 0.0420. The highest BCUT2D eigenvalue weighted by Crippen LogP contribution is 2.29. The smallest absolute Gasteiger partial charge is 0.156 e. The van der Waals surface area contributed by atoms with Crippen molar-refractivity contribution in [3.05, 3.63) is 35.0 Å². The maximum Gasteiger partial charge on any atom is 0.156 e. The van der Waals surface area contributed by atoms with Crippen LogP contribution in [-0.4, -0.2) is 9.97 Å². The summed E-state index contributed by atoms with van der Waals surface area (Å²) in [6.07, 6.45) is 1.79. The molecule has 2 N–H and O–H groups in total. The normalized spacial score (nSPS) is 12.7. The molecular weight excluding hydrogens is 238 g/mol. The first-order valence-electron chi connectivity index (χ1n) is 4.96. The van der Waals surface area contributed by atoms with Crippen molar-refractivity contribution in [2.24, 2.45) is 5.73 Å². The largest absolute Gasteiger partial charge is 0.324 e. The minimum Gasteiger partial charge on any atom is -0.324 e. The van der Waals surface area contributed by atoms with Gasteiger partial charge in [0.25, 0.3) is 0 Å². The average molecular weight is 251 g/mol. The number of hydrogen-bond acceptors (Lipinski definition) is 5. The lowest BCUT2D eigenvalue weighted by atomic mass is 10.1. The summed E-state index contributed by atoms with van der Waals surface area (Å²) < 4.78 is 1.02. The van der Waals surface area contributed by atoms with Crippen LogP contribution < -0.4 is 5.73 Å². The lowest BCUT2D eigenvalue weighted by Crippen LogP contribution is -2.04. The van der Waals surface area contributed by atoms with E-state index in [1.165, 1.54) is 0 Å². The fraction of sp³-hybridized carbons (Fsp3) is 0.273. The second-order valence-electron chi connectivity index (χ2n) is 3.57. The van der Waals surface area contributed by atoms with E-state index in [0.717, 1.165) is 20.6 Å². The van der Waals surface area contributed by atoms with Crippen molar-refractivity contribution in [1.82, 2.24) is 9.97 Å². The quantitative estimate of drug-likeness (QED) is 0.911. The van der Waals surface area contributed by atoms with Crippen molar-refractivity contribution in [3.8, 4) is 0 Å². The van der Waals surface area contributed by atoms with Gasteiger partial charge in [-0.15, -0.1) is 11.3 Å². The molecule has 16 heavy (non-hydrogen) atoms. The van der Waals surface area contributed by atoms with Gasteiger partial charge in [0.1, 0.15) is 5.03 Å². The van der Waals surface area contributed by atoms with Gasteiger partial charge in [-0.05, 0) is 43.3 Å². The summed E-state index contributed by atoms with van der Waals surface area (Å²) in [5.74, 6) is 0. The molecule has 0 aliphatic heterocycles. The van der Waals surface area contributed by atoms with E-state index in [1.54, 1.807) is 29.3 Å². The Balaban J connectivity index is 2.18. The Kier molecular flexibility index (Phi) is 3.58. The van der Waals surface area contributed by atoms with E-state index in [4.69, 9.17) is 5.73 Å². The van der Waals surface area contributed by atoms with E-state index in [-0.39, 0.29) is 6.04 Å². The first-order chi connectivity index (χ1) is 7.65. The van der Waals surface area contributed by atoms with Gasteiger partial charge >= 0.3 is 0 Å². The first kappa shape index (κ1) is 11.6. The minimum atomic E-state index is 0.0420. The van der Waals surface area contributed by atoms with E-state index in [2.05, 4.69) is 9.97 Å². The Labute approximate surface area is 103 Å². The molecule has 2 heterocycles. The third kappa shape index (κ3) is 2.81. The van der Waals surface area contributed by atoms with Gasteiger partial charge in [0.2, 0.25) is 0 Å². The second-order valence-corrected chi connectivity index (χ2v) is 5.70. The summed E-state index contributed by atoms with van der Waals surface area (Å²) in [6.45, 7) is 3.96. The molecule has 0 aromatic carbocycles. The molecule has 0 bridgehead atoms. The Morgan fingerprint density at radius 2 is 2.31 bits per heavy atom. The molecule has 1 atom stereocenters. The number of hydrogen-bond donors (Lipinski definition) is 1. The summed E-state index contributed by atoms with van der Waals surface area (Å²) in [5.41, 5.74) is 7.98. The van der Waals surface area contributed by atoms with Crippen molar-refractivity contribution >= 4 is 23.1 Å². The number of thiazole rings is 1. The number of pyridine rings is 1. The van der Waals surface area contributed by atoms with Gasteiger partial charge in [0.05, 0.1) is 0 Å². The Bertz CT molecular complexity index is 480. The molecule has 0 saturated heterocycles. The molecule has 5 heteroatoms. The second kappa shape index (κ2) is 4.95. The van der Waals surface area contributed by atoms with Crippen molar-refractivity contribution in [2.75, 3.05) is 0 Å². The highest BCUT2D eigenvalue weighted by molar-refractivity contribution is 8.01. The molecule has 84 valence electrons. The monoisotopic (exact) mass is 251 g/mol. The predicted molar refractivity (Wildman–Crippen MR) is 67.8 cm³/mol. The molecule has 0 aliphatic carbocycles. The molecule has 0 radical (unpaired) electrons. The van der Waals surface area contributed by atoms with Crippen LogP contribution >= 0.6 is 23.1 Å². The van der Waals surface area contributed by atoms with Gasteiger partial charge in [0.15, 0.2) is 4.34 Å². The SMILES string of the molecule is Cc1csc(Sc2cc(C(C)N)ccn2)n1. The zero-order valence-electron chi connectivity index (χ0n) is 9.18. The zero-order valence-corrected chi connectivity index (χ0v) is 10.8. The van der Waals surface area contributed by atoms with Crippen molar-refractivity contribution < 1.29 is 0 Å². The van der Waals surface area contributed by atoms with Gasteiger partial charge in [-0.25, -0.2) is 9.97 Å². The van der Waals surface area contributed by atoms with E-state index in [0.29, 0.717) is 0 Å². The van der Waals surface area contributed by atoms with E-state index in [1.807, 2.05) is 31.4 Å². The summed E-state index contributed by atoms with van der Waals surface area (Å²) in [5, 5.41) is 2.99. The van der Waals surface area contributed by atoms with Crippen LogP contribution in [0.3, 0.4) is 0 Å². The van der Waals surface area contributed by atoms with Crippen LogP contribution in [0, 0.1) is 6.92 Å². The number of aromatic nitrogens is 2. The molecule has 1 unspecified atom stereocenters. The molecule has 2 aromatic heterocycles. The number of nitrogens with two attached hydrogens (primary N) is 1. The van der Waals surface area contributed by atoms with Crippen LogP contribution in [0.25, 0.3) is 0 Å². The predicted octanol–water partition coefficient (Wildman–Crippen LogP) is 3.02. The Morgan fingerprint density at radius 1 is 1.50 bits per heavy atom. The van der Waals surface area contributed by atoms with Crippen LogP contribution in [0.4, 0.5) is 0 Å². The van der Waals surface area contributed by atoms with E-state index < -0.39 is 0 Å². The molecule has 0 amide bonds. The van der Waals surface area contributed by atoms with Crippen LogP contribution in [0.2, 0.25) is 0 Å². The van der Waals surface area contributed by atoms with Crippen LogP contribution in [0.5, 0.6) is 0 Å². The Hall–Kier alpha value is -0.910. The summed E-state index contributed by atoms with van der Waals surface area (Å²) in [7, 11) is 0. The molecule has 3 nitrogen and oxygen atoms in total. The van der Waals surface area contributed by atoms with Gasteiger partial charge in [0, 0.05) is 23.3 Å². The lowest BCUT2D eigenvalue weighted by molar-refractivity contribution is 0.808. The highest BCUT2D eigenvalue weighted by Gasteiger charge is 2.05. The highest BCUT2D eigenvalue weighted by atomic mass is 32.2. The number of rotatable bonds is 3. The maximum atomic E-state index is 5.83. The first-order valence-corrected chi connectivity index (χ1v) is 6.66. The molecule has 0 fully saturated rings. The number of nitrogens with zero attached hydrogens (tertiary/aromatic N) is 2. The van der Waals surface area contributed by atoms with Crippen LogP contribution in [-0.2, 0) is 0 Å². The van der Waals surface area contributed by atoms with Crippen LogP contribution in [0.1, 0.15) is 24.2 Å². The molecule has 2 aromatic rings. The maximum absolute atomic E-state index is 5.83. The lowest BCUT2D eigenvalue weighted by Gasteiger charge is -2.05. The van der Waals surface area contributed by atoms with Crippen molar-refractivity contribution in [2.45, 2.75) is 29.3 Å². The van der Waals surface area contributed by atoms with Gasteiger partial charge < -0.3 is 5.73 Å². The van der Waals surface area contributed by atoms with Gasteiger partial charge in [-0.1, -0.05) is 0 Å². The van der Waals surface area contributed by atoms with Gasteiger partial charge in [-0.3, -0.25) is 0 Å². The molecule has 0 spiro atoms. The molecule has 0 saturated carbocycles. The van der Waals surface area contributed by atoms with Crippen LogP contribution in [0.15, 0.2) is 33.1 Å². The van der Waals surface area contributed by atoms with E-state index in [9.17, 15) is 0 Å². The summed E-state index contributed by atoms with van der Waals surface area (Å²) in [4.78, 5) is 8.69. The fourth-order valence-electron chi connectivity index (χ4n) is 1.23. The van der Waals surface area contributed by atoms with Gasteiger partial charge in [-0.2, -0.15) is 0 Å². The fourth-order valence-corrected chi connectivity index (χ4v) is 3.02. The third-order valence-corrected chi connectivity index (χ3v) is 4.06. The molecule has 2 rings (SSSR count). The standard InChI is InChI=1S/C11H13N3S2/c1-7-6-15-11(14-7)16-10-5-9(8(2)12)3-4-13-10/h3-6,8H,12H2,1-2H3. The topological polar surface area (TPSA) is 51.8 Å². The third-order valence-electron chi connectivity index (χ3n) is 2.07. The average Bonchev–Trinajstić information content (AvgIpc) is 2.64. The van der Waals surface area contributed by atoms with E-state index >= 15 is 0 Å². The Morgan fingerprint density at radius 3 is 2.94 bits per heavy atom. The number of aryl methyl sites for hydroxylation is 1. The summed E-state index contributed by atoms with van der Waals surface area (Å²) >= 11 is 3.22. The summed E-state index contributed by atoms with van der Waals surface area (Å²) in [6, 6.07) is 4.01. The molecular formula is C11H13N3S2. The molecule has 0 aliphatic rings.